The first-order valence-electron chi connectivity index (χ1n) is 5.56. The minimum atomic E-state index is 0.0369. The van der Waals surface area contributed by atoms with Gasteiger partial charge in [-0.25, -0.2) is 0 Å². The highest BCUT2D eigenvalue weighted by Crippen LogP contribution is 2.34. The monoisotopic (exact) mass is 344 g/mol. The zero-order chi connectivity index (χ0) is 13.1. The van der Waals surface area contributed by atoms with E-state index in [0.717, 1.165) is 26.4 Å². The average molecular weight is 346 g/mol. The number of hydrogen-bond acceptors (Lipinski definition) is 3. The zero-order valence-corrected chi connectivity index (χ0v) is 13.1. The first-order valence-corrected chi connectivity index (χ1v) is 7.61. The van der Waals surface area contributed by atoms with Gasteiger partial charge < -0.3 is 0 Å². The first kappa shape index (κ1) is 14.0. The molecule has 2 rings (SSSR count). The summed E-state index contributed by atoms with van der Waals surface area (Å²) in [5.74, 6) is 5.66. The number of nitrogens with two attached hydrogens (primary N) is 1. The van der Waals surface area contributed by atoms with E-state index in [-0.39, 0.29) is 6.04 Å². The Morgan fingerprint density at radius 2 is 2.17 bits per heavy atom. The van der Waals surface area contributed by atoms with E-state index in [1.54, 1.807) is 11.3 Å². The van der Waals surface area contributed by atoms with Crippen molar-refractivity contribution in [2.24, 2.45) is 5.84 Å². The van der Waals surface area contributed by atoms with Crippen molar-refractivity contribution < 1.29 is 0 Å². The fourth-order valence-corrected chi connectivity index (χ4v) is 3.63. The largest absolute Gasteiger partial charge is 0.271 e. The molecule has 1 aromatic carbocycles. The van der Waals surface area contributed by atoms with Crippen LogP contribution in [0, 0.1) is 6.92 Å². The summed E-state index contributed by atoms with van der Waals surface area (Å²) in [4.78, 5) is 1.09. The van der Waals surface area contributed by atoms with E-state index in [4.69, 9.17) is 17.4 Å². The van der Waals surface area contributed by atoms with E-state index < -0.39 is 0 Å². The van der Waals surface area contributed by atoms with Crippen LogP contribution >= 0.6 is 38.9 Å². The van der Waals surface area contributed by atoms with Crippen molar-refractivity contribution in [2.45, 2.75) is 19.4 Å². The van der Waals surface area contributed by atoms with Crippen molar-refractivity contribution in [1.82, 2.24) is 5.43 Å². The number of rotatable bonds is 4. The smallest absolute Gasteiger partial charge is 0.0609 e. The van der Waals surface area contributed by atoms with Crippen LogP contribution in [-0.4, -0.2) is 0 Å². The number of hydrogen-bond donors (Lipinski definition) is 2. The van der Waals surface area contributed by atoms with Gasteiger partial charge in [0, 0.05) is 9.35 Å². The summed E-state index contributed by atoms with van der Waals surface area (Å²) in [6, 6.07) is 8.18. The van der Waals surface area contributed by atoms with Crippen molar-refractivity contribution in [3.05, 3.63) is 55.1 Å². The molecule has 0 aliphatic heterocycles. The van der Waals surface area contributed by atoms with E-state index in [1.165, 1.54) is 5.56 Å². The summed E-state index contributed by atoms with van der Waals surface area (Å²) < 4.78 is 1.09. The van der Waals surface area contributed by atoms with Gasteiger partial charge in [-0.3, -0.25) is 11.3 Å². The molecule has 5 heteroatoms. The van der Waals surface area contributed by atoms with Gasteiger partial charge in [-0.15, -0.1) is 11.3 Å². The van der Waals surface area contributed by atoms with Crippen LogP contribution in [0.1, 0.15) is 22.0 Å². The molecule has 1 unspecified atom stereocenters. The highest BCUT2D eigenvalue weighted by molar-refractivity contribution is 9.10. The van der Waals surface area contributed by atoms with Crippen molar-refractivity contribution in [2.75, 3.05) is 0 Å². The lowest BCUT2D eigenvalue weighted by Gasteiger charge is -2.16. The molecule has 0 spiro atoms. The molecule has 1 aromatic heterocycles. The number of halogens is 2. The van der Waals surface area contributed by atoms with Crippen molar-refractivity contribution in [3.8, 4) is 0 Å². The average Bonchev–Trinajstić information content (AvgIpc) is 2.70. The maximum absolute atomic E-state index is 6.29. The van der Waals surface area contributed by atoms with Crippen LogP contribution in [-0.2, 0) is 6.42 Å². The number of hydrazine groups is 1. The van der Waals surface area contributed by atoms with Gasteiger partial charge in [0.05, 0.1) is 11.1 Å². The van der Waals surface area contributed by atoms with Crippen molar-refractivity contribution in [1.29, 1.82) is 0 Å². The van der Waals surface area contributed by atoms with Gasteiger partial charge in [0.1, 0.15) is 0 Å². The zero-order valence-electron chi connectivity index (χ0n) is 9.91. The Bertz CT molecular complexity index is 542. The van der Waals surface area contributed by atoms with Crippen molar-refractivity contribution >= 4 is 38.9 Å². The lowest BCUT2D eigenvalue weighted by Crippen LogP contribution is -2.29. The minimum absolute atomic E-state index is 0.0369. The molecular weight excluding hydrogens is 332 g/mol. The van der Waals surface area contributed by atoms with Crippen LogP contribution < -0.4 is 11.3 Å². The molecule has 2 aromatic rings. The van der Waals surface area contributed by atoms with E-state index >= 15 is 0 Å². The molecule has 0 fully saturated rings. The maximum atomic E-state index is 6.29. The van der Waals surface area contributed by atoms with E-state index in [0.29, 0.717) is 0 Å². The summed E-state index contributed by atoms with van der Waals surface area (Å²) in [6.07, 6.45) is 0.803. The van der Waals surface area contributed by atoms with E-state index in [9.17, 15) is 0 Å². The van der Waals surface area contributed by atoms with Gasteiger partial charge in [-0.1, -0.05) is 45.7 Å². The van der Waals surface area contributed by atoms with Crippen LogP contribution in [0.3, 0.4) is 0 Å². The second-order valence-corrected chi connectivity index (χ2v) is 6.26. The topological polar surface area (TPSA) is 38.0 Å². The molecule has 1 heterocycles. The van der Waals surface area contributed by atoms with Gasteiger partial charge in [-0.2, -0.15) is 0 Å². The third-order valence-corrected chi connectivity index (χ3v) is 5.43. The molecule has 2 nitrogen and oxygen atoms in total. The summed E-state index contributed by atoms with van der Waals surface area (Å²) in [5, 5.41) is 2.87. The second kappa shape index (κ2) is 6.17. The predicted molar refractivity (Wildman–Crippen MR) is 82.0 cm³/mol. The number of thiophene rings is 1. The summed E-state index contributed by atoms with van der Waals surface area (Å²) in [6.45, 7) is 2.01. The molecule has 0 bridgehead atoms. The Labute approximate surface area is 124 Å². The Morgan fingerprint density at radius 1 is 1.44 bits per heavy atom. The highest BCUT2D eigenvalue weighted by Gasteiger charge is 2.18. The molecular formula is C13H14BrClN2S. The highest BCUT2D eigenvalue weighted by atomic mass is 79.9. The van der Waals surface area contributed by atoms with Crippen LogP contribution in [0.4, 0.5) is 0 Å². The van der Waals surface area contributed by atoms with Gasteiger partial charge in [-0.05, 0) is 35.9 Å². The third-order valence-electron chi connectivity index (χ3n) is 2.82. The SMILES string of the molecule is Cc1csc(C(Cc2ccccc2Br)NN)c1Cl. The van der Waals surface area contributed by atoms with Crippen LogP contribution in [0.25, 0.3) is 0 Å². The molecule has 1 atom stereocenters. The standard InChI is InChI=1S/C13H14BrClN2S/c1-8-7-18-13(12(8)15)11(17-16)6-9-4-2-3-5-10(9)14/h2-5,7,11,17H,6,16H2,1H3. The molecule has 0 saturated heterocycles. The van der Waals surface area contributed by atoms with Crippen LogP contribution in [0.5, 0.6) is 0 Å². The van der Waals surface area contributed by atoms with Gasteiger partial charge in [0.2, 0.25) is 0 Å². The fourth-order valence-electron chi connectivity index (χ4n) is 1.80. The van der Waals surface area contributed by atoms with Gasteiger partial charge >= 0.3 is 0 Å². The first-order chi connectivity index (χ1) is 8.63. The molecule has 0 aliphatic carbocycles. The lowest BCUT2D eigenvalue weighted by atomic mass is 10.0. The molecule has 0 amide bonds. The van der Waals surface area contributed by atoms with Crippen LogP contribution in [0.2, 0.25) is 5.02 Å². The van der Waals surface area contributed by atoms with Crippen molar-refractivity contribution in [3.63, 3.8) is 0 Å². The fraction of sp³-hybridized carbons (Fsp3) is 0.231. The molecule has 0 radical (unpaired) electrons. The summed E-state index contributed by atoms with van der Waals surface area (Å²) in [5.41, 5.74) is 5.17. The summed E-state index contributed by atoms with van der Waals surface area (Å²) in [7, 11) is 0. The third kappa shape index (κ3) is 2.95. The molecule has 18 heavy (non-hydrogen) atoms. The lowest BCUT2D eigenvalue weighted by molar-refractivity contribution is 0.560. The number of benzene rings is 1. The Balaban J connectivity index is 2.25. The Hall–Kier alpha value is -0.390. The molecule has 96 valence electrons. The maximum Gasteiger partial charge on any atom is 0.0609 e. The second-order valence-electron chi connectivity index (χ2n) is 4.11. The normalized spacial score (nSPS) is 12.7. The Morgan fingerprint density at radius 3 is 2.72 bits per heavy atom. The number of aryl methyl sites for hydroxylation is 1. The predicted octanol–water partition coefficient (Wildman–Crippen LogP) is 4.22. The summed E-state index contributed by atoms with van der Waals surface area (Å²) >= 11 is 11.5. The van der Waals surface area contributed by atoms with Gasteiger partial charge in [0.25, 0.3) is 0 Å². The quantitative estimate of drug-likeness (QED) is 0.643. The molecule has 3 N–H and O–H groups in total. The van der Waals surface area contributed by atoms with E-state index in [2.05, 4.69) is 32.8 Å². The number of nitrogens with one attached hydrogen (secondary N) is 1. The molecule has 0 saturated carbocycles. The Kier molecular flexibility index (Phi) is 4.81. The molecule has 0 aliphatic rings. The van der Waals surface area contributed by atoms with Gasteiger partial charge in [0.15, 0.2) is 0 Å². The van der Waals surface area contributed by atoms with Crippen LogP contribution in [0.15, 0.2) is 34.1 Å². The minimum Gasteiger partial charge on any atom is -0.271 e. The van der Waals surface area contributed by atoms with E-state index in [1.807, 2.05) is 25.1 Å².